The number of nitrogens with one attached hydrogen (secondary N) is 2. The van der Waals surface area contributed by atoms with E-state index >= 15 is 0 Å². The topological polar surface area (TPSA) is 101 Å². The minimum atomic E-state index is -3.48. The molecule has 0 radical (unpaired) electrons. The molecule has 0 aliphatic carbocycles. The molecular formula is C22H28N4O4S. The van der Waals surface area contributed by atoms with Crippen molar-refractivity contribution in [1.82, 2.24) is 9.29 Å². The fraction of sp³-hybridized carbons (Fsp3) is 0.455. The van der Waals surface area contributed by atoms with E-state index in [1.165, 1.54) is 10.5 Å². The van der Waals surface area contributed by atoms with Gasteiger partial charge in [0.05, 0.1) is 0 Å². The molecule has 1 amide bonds. The number of carbonyl (C=O) groups excluding carboxylic acids is 1. The number of anilines is 2. The molecule has 9 heteroatoms. The average Bonchev–Trinajstić information content (AvgIpc) is 3.34. The van der Waals surface area contributed by atoms with Crippen LogP contribution in [0, 0.1) is 0 Å². The molecule has 31 heavy (non-hydrogen) atoms. The molecule has 1 aromatic heterocycles. The van der Waals surface area contributed by atoms with Gasteiger partial charge in [-0.3, -0.25) is 4.79 Å². The number of hydrogen-bond donors (Lipinski definition) is 2. The Labute approximate surface area is 183 Å². The fourth-order valence-corrected chi connectivity index (χ4v) is 5.31. The Balaban J connectivity index is 1.34. The summed E-state index contributed by atoms with van der Waals surface area (Å²) in [4.78, 5) is 16.7. The number of hydrogen-bond acceptors (Lipinski definition) is 6. The number of ether oxygens (including phenoxy) is 1. The molecule has 3 heterocycles. The number of carbonyl (C=O) groups is 1. The monoisotopic (exact) mass is 444 g/mol. The van der Waals surface area contributed by atoms with Crippen molar-refractivity contribution in [2.45, 2.75) is 49.6 Å². The number of pyridine rings is 1. The van der Waals surface area contributed by atoms with Crippen molar-refractivity contribution in [2.75, 3.05) is 30.3 Å². The Hall–Kier alpha value is -2.49. The van der Waals surface area contributed by atoms with Gasteiger partial charge in [-0.05, 0) is 55.5 Å². The number of piperidine rings is 1. The van der Waals surface area contributed by atoms with Gasteiger partial charge in [0.25, 0.3) is 5.91 Å². The summed E-state index contributed by atoms with van der Waals surface area (Å²) in [7, 11) is -3.48. The van der Waals surface area contributed by atoms with Crippen LogP contribution in [0.4, 0.5) is 11.5 Å². The smallest absolute Gasteiger partial charge is 0.253 e. The van der Waals surface area contributed by atoms with E-state index in [2.05, 4.69) is 15.6 Å². The summed E-state index contributed by atoms with van der Waals surface area (Å²) in [6.07, 6.45) is 5.58. The zero-order valence-corrected chi connectivity index (χ0v) is 18.2. The van der Waals surface area contributed by atoms with Crippen molar-refractivity contribution in [3.63, 3.8) is 0 Å². The molecule has 2 aliphatic heterocycles. The number of aromatic nitrogens is 1. The lowest BCUT2D eigenvalue weighted by Crippen LogP contribution is -2.35. The van der Waals surface area contributed by atoms with Crippen LogP contribution in [-0.4, -0.2) is 49.4 Å². The lowest BCUT2D eigenvalue weighted by Gasteiger charge is -2.25. The largest absolute Gasteiger partial charge is 0.368 e. The highest BCUT2D eigenvalue weighted by molar-refractivity contribution is 7.89. The van der Waals surface area contributed by atoms with Crippen molar-refractivity contribution >= 4 is 27.4 Å². The Morgan fingerprint density at radius 1 is 1.13 bits per heavy atom. The van der Waals surface area contributed by atoms with Gasteiger partial charge in [0.1, 0.15) is 16.8 Å². The average molecular weight is 445 g/mol. The summed E-state index contributed by atoms with van der Waals surface area (Å²) in [5.74, 6) is 0.473. The second-order valence-corrected chi connectivity index (χ2v) is 9.83. The van der Waals surface area contributed by atoms with E-state index in [1.807, 2.05) is 24.3 Å². The number of rotatable bonds is 7. The zero-order valence-electron chi connectivity index (χ0n) is 17.4. The second kappa shape index (κ2) is 9.76. The lowest BCUT2D eigenvalue weighted by molar-refractivity contribution is -0.124. The Bertz CT molecular complexity index is 998. The molecule has 166 valence electrons. The van der Waals surface area contributed by atoms with Gasteiger partial charge in [-0.15, -0.1) is 0 Å². The molecule has 1 atom stereocenters. The maximum Gasteiger partial charge on any atom is 0.253 e. The minimum Gasteiger partial charge on any atom is -0.368 e. The van der Waals surface area contributed by atoms with Gasteiger partial charge in [0, 0.05) is 38.1 Å². The third-order valence-corrected chi connectivity index (χ3v) is 7.46. The molecule has 2 saturated heterocycles. The lowest BCUT2D eigenvalue weighted by atomic mass is 10.2. The number of benzene rings is 1. The fourth-order valence-electron chi connectivity index (χ4n) is 3.85. The van der Waals surface area contributed by atoms with E-state index in [-0.39, 0.29) is 16.9 Å². The highest BCUT2D eigenvalue weighted by Gasteiger charge is 2.26. The van der Waals surface area contributed by atoms with Crippen LogP contribution in [0.5, 0.6) is 0 Å². The quantitative estimate of drug-likeness (QED) is 0.681. The molecule has 8 nitrogen and oxygen atoms in total. The van der Waals surface area contributed by atoms with Crippen molar-refractivity contribution in [3.8, 4) is 0 Å². The Morgan fingerprint density at radius 3 is 2.68 bits per heavy atom. The number of nitrogens with zero attached hydrogens (tertiary/aromatic N) is 2. The van der Waals surface area contributed by atoms with E-state index in [0.717, 1.165) is 43.4 Å². The van der Waals surface area contributed by atoms with Gasteiger partial charge in [-0.1, -0.05) is 18.6 Å². The first kappa shape index (κ1) is 21.7. The summed E-state index contributed by atoms with van der Waals surface area (Å²) in [6.45, 7) is 2.27. The first-order valence-electron chi connectivity index (χ1n) is 10.7. The molecule has 0 saturated carbocycles. The molecule has 0 spiro atoms. The van der Waals surface area contributed by atoms with Crippen molar-refractivity contribution in [1.29, 1.82) is 0 Å². The van der Waals surface area contributed by atoms with E-state index in [0.29, 0.717) is 32.1 Å². The standard InChI is InChI=1S/C22H28N4O4S/c27-22(20-8-5-13-30-20)25-18-7-4-6-17(14-18)15-23-21-10-9-19(16-24-21)31(28,29)26-11-2-1-3-12-26/h4,6-7,9-10,14,16,20H,1-3,5,8,11-13,15H2,(H,23,24)(H,25,27). The zero-order chi connectivity index (χ0) is 21.7. The maximum absolute atomic E-state index is 12.7. The normalized spacial score (nSPS) is 19.8. The molecule has 2 aliphatic rings. The van der Waals surface area contributed by atoms with Gasteiger partial charge in [-0.2, -0.15) is 4.31 Å². The molecule has 0 bridgehead atoms. The molecule has 2 aromatic rings. The SMILES string of the molecule is O=C(Nc1cccc(CNc2ccc(S(=O)(=O)N3CCCCC3)cn2)c1)C1CCCO1. The van der Waals surface area contributed by atoms with Crippen molar-refractivity contribution in [2.24, 2.45) is 0 Å². The Kier molecular flexibility index (Phi) is 6.84. The van der Waals surface area contributed by atoms with E-state index < -0.39 is 10.0 Å². The summed E-state index contributed by atoms with van der Waals surface area (Å²) in [6, 6.07) is 10.8. The van der Waals surface area contributed by atoms with Crippen LogP contribution in [0.3, 0.4) is 0 Å². The summed E-state index contributed by atoms with van der Waals surface area (Å²) >= 11 is 0. The first-order valence-corrected chi connectivity index (χ1v) is 12.2. The highest BCUT2D eigenvalue weighted by atomic mass is 32.2. The summed E-state index contributed by atoms with van der Waals surface area (Å²) < 4.78 is 32.4. The highest BCUT2D eigenvalue weighted by Crippen LogP contribution is 2.21. The van der Waals surface area contributed by atoms with Crippen LogP contribution in [-0.2, 0) is 26.1 Å². The summed E-state index contributed by atoms with van der Waals surface area (Å²) in [5, 5.41) is 6.10. The van der Waals surface area contributed by atoms with Crippen LogP contribution >= 0.6 is 0 Å². The molecule has 4 rings (SSSR count). The van der Waals surface area contributed by atoms with Crippen LogP contribution in [0.15, 0.2) is 47.5 Å². The maximum atomic E-state index is 12.7. The molecular weight excluding hydrogens is 416 g/mol. The molecule has 1 aromatic carbocycles. The van der Waals surface area contributed by atoms with Crippen LogP contribution in [0.25, 0.3) is 0 Å². The van der Waals surface area contributed by atoms with Crippen molar-refractivity contribution < 1.29 is 17.9 Å². The van der Waals surface area contributed by atoms with Gasteiger partial charge in [0.15, 0.2) is 0 Å². The van der Waals surface area contributed by atoms with Gasteiger partial charge in [-0.25, -0.2) is 13.4 Å². The van der Waals surface area contributed by atoms with E-state index in [4.69, 9.17) is 4.74 Å². The van der Waals surface area contributed by atoms with Crippen molar-refractivity contribution in [3.05, 3.63) is 48.2 Å². The van der Waals surface area contributed by atoms with Crippen LogP contribution in [0.1, 0.15) is 37.7 Å². The first-order chi connectivity index (χ1) is 15.0. The van der Waals surface area contributed by atoms with E-state index in [1.54, 1.807) is 12.1 Å². The number of sulfonamides is 1. The predicted molar refractivity (Wildman–Crippen MR) is 118 cm³/mol. The third kappa shape index (κ3) is 5.41. The molecule has 2 N–H and O–H groups in total. The van der Waals surface area contributed by atoms with Gasteiger partial charge < -0.3 is 15.4 Å². The van der Waals surface area contributed by atoms with Gasteiger partial charge in [0.2, 0.25) is 10.0 Å². The second-order valence-electron chi connectivity index (χ2n) is 7.89. The predicted octanol–water partition coefficient (Wildman–Crippen LogP) is 2.99. The number of amides is 1. The third-order valence-electron chi connectivity index (χ3n) is 5.58. The van der Waals surface area contributed by atoms with E-state index in [9.17, 15) is 13.2 Å². The Morgan fingerprint density at radius 2 is 1.97 bits per heavy atom. The van der Waals surface area contributed by atoms with Crippen LogP contribution < -0.4 is 10.6 Å². The molecule has 2 fully saturated rings. The summed E-state index contributed by atoms with van der Waals surface area (Å²) in [5.41, 5.74) is 1.69. The molecule has 1 unspecified atom stereocenters. The minimum absolute atomic E-state index is 0.116. The van der Waals surface area contributed by atoms with Gasteiger partial charge >= 0.3 is 0 Å². The van der Waals surface area contributed by atoms with Crippen LogP contribution in [0.2, 0.25) is 0 Å².